The van der Waals surface area contributed by atoms with Crippen molar-refractivity contribution in [3.8, 4) is 0 Å². The third kappa shape index (κ3) is 1.95. The number of hydrogen-bond acceptors (Lipinski definition) is 2. The van der Waals surface area contributed by atoms with E-state index in [0.717, 1.165) is 11.8 Å². The minimum absolute atomic E-state index is 0.664. The van der Waals surface area contributed by atoms with Gasteiger partial charge in [0.25, 0.3) is 0 Å². The first-order valence-corrected chi connectivity index (χ1v) is 3.51. The standard InChI is InChI=1S/C8H10N2O2/c1-6-5-7(9-10(6)2)3-4-8(11)12/h3-5H,1-2H3,(H,11,12). The zero-order valence-corrected chi connectivity index (χ0v) is 6.98. The van der Waals surface area contributed by atoms with Crippen LogP contribution in [0.3, 0.4) is 0 Å². The van der Waals surface area contributed by atoms with Gasteiger partial charge in [0, 0.05) is 18.8 Å². The Labute approximate surface area is 70.1 Å². The molecular formula is C8H10N2O2. The van der Waals surface area contributed by atoms with Gasteiger partial charge in [0.15, 0.2) is 0 Å². The van der Waals surface area contributed by atoms with E-state index in [-0.39, 0.29) is 0 Å². The second kappa shape index (κ2) is 3.21. The fourth-order valence-corrected chi connectivity index (χ4v) is 0.826. The van der Waals surface area contributed by atoms with Crippen molar-refractivity contribution in [1.82, 2.24) is 9.78 Å². The SMILES string of the molecule is Cc1cc(C=CC(=O)O)nn1C. The number of carboxylic acids is 1. The molecule has 1 N–H and O–H groups in total. The van der Waals surface area contributed by atoms with Gasteiger partial charge in [-0.25, -0.2) is 4.79 Å². The fraction of sp³-hybridized carbons (Fsp3) is 0.250. The highest BCUT2D eigenvalue weighted by Crippen LogP contribution is 2.02. The van der Waals surface area contributed by atoms with E-state index in [9.17, 15) is 4.79 Å². The molecule has 0 aliphatic carbocycles. The molecule has 0 unspecified atom stereocenters. The zero-order chi connectivity index (χ0) is 9.14. The van der Waals surface area contributed by atoms with Crippen LogP contribution in [0.1, 0.15) is 11.4 Å². The van der Waals surface area contributed by atoms with Gasteiger partial charge >= 0.3 is 5.97 Å². The van der Waals surface area contributed by atoms with Crippen molar-refractivity contribution in [3.63, 3.8) is 0 Å². The third-order valence-electron chi connectivity index (χ3n) is 1.53. The van der Waals surface area contributed by atoms with Crippen molar-refractivity contribution >= 4 is 12.0 Å². The second-order valence-electron chi connectivity index (χ2n) is 2.51. The van der Waals surface area contributed by atoms with E-state index in [1.807, 2.05) is 20.0 Å². The molecular weight excluding hydrogens is 156 g/mol. The molecule has 1 aromatic rings. The van der Waals surface area contributed by atoms with E-state index in [2.05, 4.69) is 5.10 Å². The Balaban J connectivity index is 2.83. The summed E-state index contributed by atoms with van der Waals surface area (Å²) in [6.07, 6.45) is 2.54. The van der Waals surface area contributed by atoms with Crippen LogP contribution in [0, 0.1) is 6.92 Å². The van der Waals surface area contributed by atoms with Gasteiger partial charge in [-0.3, -0.25) is 4.68 Å². The molecule has 0 radical (unpaired) electrons. The number of carbonyl (C=O) groups is 1. The molecule has 4 nitrogen and oxygen atoms in total. The molecule has 0 amide bonds. The first kappa shape index (κ1) is 8.52. The zero-order valence-electron chi connectivity index (χ0n) is 6.98. The smallest absolute Gasteiger partial charge is 0.328 e. The number of rotatable bonds is 2. The van der Waals surface area contributed by atoms with E-state index in [4.69, 9.17) is 5.11 Å². The second-order valence-corrected chi connectivity index (χ2v) is 2.51. The van der Waals surface area contributed by atoms with Crippen LogP contribution in [-0.2, 0) is 11.8 Å². The molecule has 0 bridgehead atoms. The summed E-state index contributed by atoms with van der Waals surface area (Å²) >= 11 is 0. The summed E-state index contributed by atoms with van der Waals surface area (Å²) < 4.78 is 1.70. The summed E-state index contributed by atoms with van der Waals surface area (Å²) in [6.45, 7) is 1.91. The monoisotopic (exact) mass is 166 g/mol. The van der Waals surface area contributed by atoms with Crippen LogP contribution in [0.5, 0.6) is 0 Å². The third-order valence-corrected chi connectivity index (χ3v) is 1.53. The molecule has 1 rings (SSSR count). The summed E-state index contributed by atoms with van der Waals surface area (Å²) in [5, 5.41) is 12.4. The van der Waals surface area contributed by atoms with Crippen LogP contribution >= 0.6 is 0 Å². The number of hydrogen-bond donors (Lipinski definition) is 1. The van der Waals surface area contributed by atoms with Gasteiger partial charge in [-0.15, -0.1) is 0 Å². The Kier molecular flexibility index (Phi) is 2.28. The summed E-state index contributed by atoms with van der Waals surface area (Å²) in [6, 6.07) is 1.82. The van der Waals surface area contributed by atoms with Gasteiger partial charge in [0.2, 0.25) is 0 Å². The van der Waals surface area contributed by atoms with Crippen LogP contribution in [0.25, 0.3) is 6.08 Å². The first-order chi connectivity index (χ1) is 5.59. The van der Waals surface area contributed by atoms with Gasteiger partial charge in [-0.1, -0.05) is 0 Å². The minimum atomic E-state index is -0.960. The fourth-order valence-electron chi connectivity index (χ4n) is 0.826. The highest BCUT2D eigenvalue weighted by Gasteiger charge is 1.96. The maximum Gasteiger partial charge on any atom is 0.328 e. The van der Waals surface area contributed by atoms with Gasteiger partial charge in [0.05, 0.1) is 5.69 Å². The Morgan fingerprint density at radius 2 is 2.42 bits per heavy atom. The highest BCUT2D eigenvalue weighted by atomic mass is 16.4. The average molecular weight is 166 g/mol. The van der Waals surface area contributed by atoms with Gasteiger partial charge in [-0.2, -0.15) is 5.10 Å². The normalized spacial score (nSPS) is 10.8. The quantitative estimate of drug-likeness (QED) is 0.662. The maximum atomic E-state index is 10.1. The van der Waals surface area contributed by atoms with Crippen LogP contribution < -0.4 is 0 Å². The maximum absolute atomic E-state index is 10.1. The van der Waals surface area contributed by atoms with E-state index < -0.39 is 5.97 Å². The largest absolute Gasteiger partial charge is 0.478 e. The van der Waals surface area contributed by atoms with Crippen LogP contribution in [0.4, 0.5) is 0 Å². The molecule has 0 fully saturated rings. The molecule has 0 spiro atoms. The summed E-state index contributed by atoms with van der Waals surface area (Å²) in [4.78, 5) is 10.1. The van der Waals surface area contributed by atoms with Gasteiger partial charge in [-0.05, 0) is 19.1 Å². The predicted octanol–water partition coefficient (Wildman–Crippen LogP) is 0.826. The summed E-state index contributed by atoms with van der Waals surface area (Å²) in [5.74, 6) is -0.960. The van der Waals surface area contributed by atoms with Crippen LogP contribution in [0.15, 0.2) is 12.1 Å². The molecule has 0 saturated heterocycles. The van der Waals surface area contributed by atoms with Crippen molar-refractivity contribution < 1.29 is 9.90 Å². The molecule has 1 heterocycles. The number of nitrogens with zero attached hydrogens (tertiary/aromatic N) is 2. The molecule has 0 aliphatic rings. The van der Waals surface area contributed by atoms with E-state index in [0.29, 0.717) is 5.69 Å². The van der Waals surface area contributed by atoms with E-state index >= 15 is 0 Å². The lowest BCUT2D eigenvalue weighted by Crippen LogP contribution is -1.92. The lowest BCUT2D eigenvalue weighted by Gasteiger charge is -1.87. The molecule has 4 heteroatoms. The Bertz CT molecular complexity index is 306. The van der Waals surface area contributed by atoms with Crippen molar-refractivity contribution in [3.05, 3.63) is 23.5 Å². The van der Waals surface area contributed by atoms with Gasteiger partial charge < -0.3 is 5.11 Å². The highest BCUT2D eigenvalue weighted by molar-refractivity contribution is 5.84. The first-order valence-electron chi connectivity index (χ1n) is 3.51. The topological polar surface area (TPSA) is 55.1 Å². The number of aliphatic carboxylic acids is 1. The summed E-state index contributed by atoms with van der Waals surface area (Å²) in [7, 11) is 1.81. The number of aromatic nitrogens is 2. The Hall–Kier alpha value is -1.58. The molecule has 0 aliphatic heterocycles. The van der Waals surface area contributed by atoms with Crippen molar-refractivity contribution in [2.24, 2.45) is 7.05 Å². The van der Waals surface area contributed by atoms with E-state index in [1.165, 1.54) is 6.08 Å². The minimum Gasteiger partial charge on any atom is -0.478 e. The lowest BCUT2D eigenvalue weighted by atomic mass is 10.3. The Morgan fingerprint density at radius 1 is 1.75 bits per heavy atom. The van der Waals surface area contributed by atoms with E-state index in [1.54, 1.807) is 4.68 Å². The summed E-state index contributed by atoms with van der Waals surface area (Å²) in [5.41, 5.74) is 1.66. The van der Waals surface area contributed by atoms with Crippen molar-refractivity contribution in [2.45, 2.75) is 6.92 Å². The Morgan fingerprint density at radius 3 is 2.83 bits per heavy atom. The molecule has 12 heavy (non-hydrogen) atoms. The average Bonchev–Trinajstić information content (AvgIpc) is 2.28. The molecule has 0 atom stereocenters. The van der Waals surface area contributed by atoms with Crippen molar-refractivity contribution in [1.29, 1.82) is 0 Å². The number of aryl methyl sites for hydroxylation is 2. The predicted molar refractivity (Wildman–Crippen MR) is 44.6 cm³/mol. The van der Waals surface area contributed by atoms with Crippen LogP contribution in [-0.4, -0.2) is 20.9 Å². The molecule has 0 saturated carbocycles. The lowest BCUT2D eigenvalue weighted by molar-refractivity contribution is -0.131. The molecule has 64 valence electrons. The molecule has 0 aromatic carbocycles. The number of carboxylic acid groups (broad SMARTS) is 1. The van der Waals surface area contributed by atoms with Crippen molar-refractivity contribution in [2.75, 3.05) is 0 Å². The van der Waals surface area contributed by atoms with Crippen LogP contribution in [0.2, 0.25) is 0 Å². The molecule has 1 aromatic heterocycles. The van der Waals surface area contributed by atoms with Gasteiger partial charge in [0.1, 0.15) is 0 Å².